The van der Waals surface area contributed by atoms with E-state index in [9.17, 15) is 9.90 Å². The summed E-state index contributed by atoms with van der Waals surface area (Å²) in [6, 6.07) is 16.2. The molecule has 0 unspecified atom stereocenters. The molecule has 1 amide bonds. The van der Waals surface area contributed by atoms with Crippen LogP contribution < -0.4 is 15.4 Å². The first-order valence-corrected chi connectivity index (χ1v) is 10.7. The van der Waals surface area contributed by atoms with Crippen molar-refractivity contribution in [3.63, 3.8) is 0 Å². The second-order valence-electron chi connectivity index (χ2n) is 7.74. The number of hydrogen-bond donors (Lipinski definition) is 3. The molecule has 0 aliphatic rings. The summed E-state index contributed by atoms with van der Waals surface area (Å²) in [6.07, 6.45) is 0. The third-order valence-electron chi connectivity index (χ3n) is 5.01. The number of rotatable bonds is 5. The zero-order valence-corrected chi connectivity index (χ0v) is 19.2. The standard InChI is InChI=1S/C25H23N3O4S/c1-14-10-16(3)23-19(11-14)27-24(32-23)18-12-17(8-9-20(18)29)26-25(33)28-22(30)13-31-21-7-5-4-6-15(21)2/h4-12,29H,13H2,1-3H3,(H2,26,28,30,33). The summed E-state index contributed by atoms with van der Waals surface area (Å²) < 4.78 is 11.4. The van der Waals surface area contributed by atoms with Gasteiger partial charge in [0.05, 0.1) is 5.56 Å². The Morgan fingerprint density at radius 3 is 2.67 bits per heavy atom. The second kappa shape index (κ2) is 9.30. The summed E-state index contributed by atoms with van der Waals surface area (Å²) in [5.41, 5.74) is 5.34. The number of phenolic OH excluding ortho intramolecular Hbond substituents is 1. The molecule has 0 radical (unpaired) electrons. The molecule has 0 aliphatic heterocycles. The van der Waals surface area contributed by atoms with Crippen LogP contribution in [0.2, 0.25) is 0 Å². The van der Waals surface area contributed by atoms with Gasteiger partial charge in [0.25, 0.3) is 5.91 Å². The minimum absolute atomic E-state index is 0.0167. The first-order chi connectivity index (χ1) is 15.8. The predicted octanol–water partition coefficient (Wildman–Crippen LogP) is 5.02. The first kappa shape index (κ1) is 22.3. The highest BCUT2D eigenvalue weighted by Crippen LogP contribution is 2.34. The number of ether oxygens (including phenoxy) is 1. The number of phenols is 1. The van der Waals surface area contributed by atoms with E-state index in [1.54, 1.807) is 18.2 Å². The van der Waals surface area contributed by atoms with E-state index in [4.69, 9.17) is 21.4 Å². The van der Waals surface area contributed by atoms with Gasteiger partial charge in [-0.2, -0.15) is 0 Å². The summed E-state index contributed by atoms with van der Waals surface area (Å²) in [5.74, 6) is 0.558. The van der Waals surface area contributed by atoms with Crippen LogP contribution in [0.15, 0.2) is 59.0 Å². The van der Waals surface area contributed by atoms with Crippen LogP contribution in [0.1, 0.15) is 16.7 Å². The van der Waals surface area contributed by atoms with Gasteiger partial charge in [0.15, 0.2) is 17.3 Å². The van der Waals surface area contributed by atoms with Crippen LogP contribution >= 0.6 is 12.2 Å². The molecule has 4 rings (SSSR count). The lowest BCUT2D eigenvalue weighted by Gasteiger charge is -2.12. The van der Waals surface area contributed by atoms with Gasteiger partial charge in [-0.15, -0.1) is 0 Å². The summed E-state index contributed by atoms with van der Waals surface area (Å²) in [7, 11) is 0. The van der Waals surface area contributed by atoms with Crippen LogP contribution in [-0.4, -0.2) is 27.7 Å². The fourth-order valence-corrected chi connectivity index (χ4v) is 3.70. The molecule has 4 aromatic rings. The Kier molecular flexibility index (Phi) is 6.28. The molecule has 0 bridgehead atoms. The Morgan fingerprint density at radius 2 is 1.88 bits per heavy atom. The molecule has 0 atom stereocenters. The van der Waals surface area contributed by atoms with Crippen molar-refractivity contribution in [1.29, 1.82) is 0 Å². The molecule has 168 valence electrons. The predicted molar refractivity (Wildman–Crippen MR) is 132 cm³/mol. The third kappa shape index (κ3) is 5.12. The number of para-hydroxylation sites is 1. The molecule has 8 heteroatoms. The van der Waals surface area contributed by atoms with Crippen LogP contribution in [0.4, 0.5) is 5.69 Å². The van der Waals surface area contributed by atoms with Crippen molar-refractivity contribution in [2.75, 3.05) is 11.9 Å². The first-order valence-electron chi connectivity index (χ1n) is 10.3. The highest BCUT2D eigenvalue weighted by Gasteiger charge is 2.15. The normalized spacial score (nSPS) is 10.8. The Bertz CT molecular complexity index is 1360. The van der Waals surface area contributed by atoms with E-state index in [1.165, 1.54) is 6.07 Å². The number of nitrogens with zero attached hydrogens (tertiary/aromatic N) is 1. The largest absolute Gasteiger partial charge is 0.507 e. The molecule has 0 spiro atoms. The Labute approximate surface area is 196 Å². The van der Waals surface area contributed by atoms with E-state index in [0.29, 0.717) is 28.5 Å². The molecule has 0 fully saturated rings. The van der Waals surface area contributed by atoms with E-state index in [2.05, 4.69) is 15.6 Å². The topological polar surface area (TPSA) is 96.6 Å². The molecule has 3 aromatic carbocycles. The number of aromatic hydroxyl groups is 1. The van der Waals surface area contributed by atoms with Gasteiger partial charge < -0.3 is 19.6 Å². The molecule has 33 heavy (non-hydrogen) atoms. The highest BCUT2D eigenvalue weighted by molar-refractivity contribution is 7.80. The smallest absolute Gasteiger partial charge is 0.264 e. The number of fused-ring (bicyclic) bond motifs is 1. The van der Waals surface area contributed by atoms with Gasteiger partial charge in [0.2, 0.25) is 5.89 Å². The van der Waals surface area contributed by atoms with Gasteiger partial charge in [-0.05, 0) is 80.0 Å². The fourth-order valence-electron chi connectivity index (χ4n) is 3.46. The van der Waals surface area contributed by atoms with Gasteiger partial charge >= 0.3 is 0 Å². The van der Waals surface area contributed by atoms with Crippen molar-refractivity contribution in [2.24, 2.45) is 0 Å². The van der Waals surface area contributed by atoms with Gasteiger partial charge in [0.1, 0.15) is 17.0 Å². The summed E-state index contributed by atoms with van der Waals surface area (Å²) in [6.45, 7) is 5.67. The van der Waals surface area contributed by atoms with E-state index < -0.39 is 0 Å². The Morgan fingerprint density at radius 1 is 1.09 bits per heavy atom. The van der Waals surface area contributed by atoms with Crippen molar-refractivity contribution in [3.8, 4) is 23.0 Å². The quantitative estimate of drug-likeness (QED) is 0.284. The molecule has 0 saturated carbocycles. The number of benzene rings is 3. The van der Waals surface area contributed by atoms with E-state index in [-0.39, 0.29) is 23.4 Å². The lowest BCUT2D eigenvalue weighted by atomic mass is 10.1. The lowest BCUT2D eigenvalue weighted by molar-refractivity contribution is -0.121. The number of nitrogens with one attached hydrogen (secondary N) is 2. The fraction of sp³-hybridized carbons (Fsp3) is 0.160. The Balaban J connectivity index is 1.44. The van der Waals surface area contributed by atoms with Crippen molar-refractivity contribution < 1.29 is 19.1 Å². The molecule has 1 aromatic heterocycles. The number of carbonyl (C=O) groups is 1. The molecular weight excluding hydrogens is 438 g/mol. The van der Waals surface area contributed by atoms with Crippen LogP contribution in [-0.2, 0) is 4.79 Å². The van der Waals surface area contributed by atoms with Gasteiger partial charge in [-0.25, -0.2) is 4.98 Å². The van der Waals surface area contributed by atoms with Crippen molar-refractivity contribution in [3.05, 3.63) is 71.3 Å². The average Bonchev–Trinajstić information content (AvgIpc) is 3.18. The zero-order valence-electron chi connectivity index (χ0n) is 18.4. The van der Waals surface area contributed by atoms with Gasteiger partial charge in [-0.3, -0.25) is 10.1 Å². The monoisotopic (exact) mass is 461 g/mol. The maximum absolute atomic E-state index is 12.2. The van der Waals surface area contributed by atoms with Gasteiger partial charge in [-0.1, -0.05) is 24.3 Å². The van der Waals surface area contributed by atoms with Crippen LogP contribution in [0.5, 0.6) is 11.5 Å². The number of thiocarbonyl (C=S) groups is 1. The third-order valence-corrected chi connectivity index (χ3v) is 5.21. The molecular formula is C25H23N3O4S. The van der Waals surface area contributed by atoms with E-state index in [1.807, 2.05) is 51.1 Å². The number of aryl methyl sites for hydroxylation is 3. The van der Waals surface area contributed by atoms with Gasteiger partial charge in [0, 0.05) is 5.69 Å². The number of carbonyl (C=O) groups excluding carboxylic acids is 1. The number of anilines is 1. The van der Waals surface area contributed by atoms with Crippen LogP contribution in [0, 0.1) is 20.8 Å². The molecule has 1 heterocycles. The van der Waals surface area contributed by atoms with Crippen molar-refractivity contribution in [1.82, 2.24) is 10.3 Å². The van der Waals surface area contributed by atoms with Crippen molar-refractivity contribution in [2.45, 2.75) is 20.8 Å². The van der Waals surface area contributed by atoms with Crippen molar-refractivity contribution >= 4 is 40.0 Å². The summed E-state index contributed by atoms with van der Waals surface area (Å²) >= 11 is 5.25. The minimum Gasteiger partial charge on any atom is -0.507 e. The molecule has 3 N–H and O–H groups in total. The minimum atomic E-state index is -0.389. The zero-order chi connectivity index (χ0) is 23.5. The summed E-state index contributed by atoms with van der Waals surface area (Å²) in [5, 5.41) is 16.0. The maximum atomic E-state index is 12.2. The Hall–Kier alpha value is -3.91. The van der Waals surface area contributed by atoms with Crippen LogP contribution in [0.25, 0.3) is 22.6 Å². The average molecular weight is 462 g/mol. The SMILES string of the molecule is Cc1cc(C)c2oc(-c3cc(NC(=S)NC(=O)COc4ccccc4C)ccc3O)nc2c1. The lowest BCUT2D eigenvalue weighted by Crippen LogP contribution is -2.37. The number of hydrogen-bond acceptors (Lipinski definition) is 6. The highest BCUT2D eigenvalue weighted by atomic mass is 32.1. The maximum Gasteiger partial charge on any atom is 0.264 e. The van der Waals surface area contributed by atoms with E-state index in [0.717, 1.165) is 22.2 Å². The number of aromatic nitrogens is 1. The second-order valence-corrected chi connectivity index (χ2v) is 8.15. The summed E-state index contributed by atoms with van der Waals surface area (Å²) in [4.78, 5) is 16.7. The molecule has 0 saturated heterocycles. The van der Waals surface area contributed by atoms with Crippen LogP contribution in [0.3, 0.4) is 0 Å². The molecule has 0 aliphatic carbocycles. The number of amides is 1. The number of oxazole rings is 1. The van der Waals surface area contributed by atoms with E-state index >= 15 is 0 Å². The molecule has 7 nitrogen and oxygen atoms in total.